The Morgan fingerprint density at radius 2 is 1.76 bits per heavy atom. The second-order valence-corrected chi connectivity index (χ2v) is 11.2. The van der Waals surface area contributed by atoms with Gasteiger partial charge in [0, 0.05) is 43.0 Å². The van der Waals surface area contributed by atoms with Gasteiger partial charge in [0.25, 0.3) is 0 Å². The smallest absolute Gasteiger partial charge is 0.309 e. The summed E-state index contributed by atoms with van der Waals surface area (Å²) in [6.45, 7) is 10.4. The van der Waals surface area contributed by atoms with E-state index in [9.17, 15) is 19.5 Å². The molecule has 0 spiro atoms. The third-order valence-electron chi connectivity index (χ3n) is 7.81. The average Bonchev–Trinajstić information content (AvgIpc) is 3.27. The minimum absolute atomic E-state index is 0.0631. The number of likely N-dealkylation sites (N-methyl/N-ethyl adjacent to an activating group) is 1. The van der Waals surface area contributed by atoms with Gasteiger partial charge in [-0.3, -0.25) is 19.4 Å². The molecule has 2 heterocycles. The number of carboxylic acid groups (broad SMARTS) is 1. The Labute approximate surface area is 209 Å². The number of cyclic esters (lactones) is 1. The summed E-state index contributed by atoms with van der Waals surface area (Å²) in [6, 6.07) is 3.79. The normalized spacial score (nSPS) is 25.6. The number of ether oxygens (including phenoxy) is 1. The molecule has 0 radical (unpaired) electrons. The van der Waals surface area contributed by atoms with Gasteiger partial charge in [-0.2, -0.15) is 0 Å². The number of halogens is 1. The highest BCUT2D eigenvalue weighted by Crippen LogP contribution is 2.56. The van der Waals surface area contributed by atoms with Crippen LogP contribution in [0.25, 0.3) is 0 Å². The van der Waals surface area contributed by atoms with E-state index in [0.717, 1.165) is 21.6 Å². The minimum atomic E-state index is -0.935. The van der Waals surface area contributed by atoms with Crippen molar-refractivity contribution in [3.63, 3.8) is 0 Å². The molecule has 186 valence electrons. The molecule has 0 aromatic carbocycles. The van der Waals surface area contributed by atoms with Crippen molar-refractivity contribution in [3.05, 3.63) is 40.3 Å². The SMILES string of the molecule is C=C(C1CCC(=O)O1)N(C)Cc1cc(Br)cc(CN(C)C(=O)C2CCC(C)(C(=O)O)C2(C)C)n1. The van der Waals surface area contributed by atoms with Crippen LogP contribution in [0.3, 0.4) is 0 Å². The highest BCUT2D eigenvalue weighted by molar-refractivity contribution is 9.10. The predicted molar refractivity (Wildman–Crippen MR) is 130 cm³/mol. The fourth-order valence-electron chi connectivity index (χ4n) is 5.02. The molecule has 1 saturated carbocycles. The van der Waals surface area contributed by atoms with Gasteiger partial charge < -0.3 is 19.6 Å². The zero-order chi connectivity index (χ0) is 25.4. The molecule has 1 aliphatic carbocycles. The summed E-state index contributed by atoms with van der Waals surface area (Å²) in [5.74, 6) is -1.49. The number of carbonyl (C=O) groups is 3. The van der Waals surface area contributed by atoms with Crippen LogP contribution >= 0.6 is 15.9 Å². The molecular weight excluding hydrogens is 502 g/mol. The Balaban J connectivity index is 1.69. The summed E-state index contributed by atoms with van der Waals surface area (Å²) < 4.78 is 6.16. The Kier molecular flexibility index (Phi) is 7.45. The second-order valence-electron chi connectivity index (χ2n) is 10.3. The van der Waals surface area contributed by atoms with Crippen molar-refractivity contribution in [2.75, 3.05) is 14.1 Å². The zero-order valence-electron chi connectivity index (χ0n) is 20.6. The first kappa shape index (κ1) is 26.2. The molecule has 1 aromatic rings. The number of rotatable bonds is 8. The third-order valence-corrected chi connectivity index (χ3v) is 8.27. The second kappa shape index (κ2) is 9.68. The van der Waals surface area contributed by atoms with Crippen LogP contribution in [0.5, 0.6) is 0 Å². The minimum Gasteiger partial charge on any atom is -0.481 e. The number of esters is 1. The van der Waals surface area contributed by atoms with Gasteiger partial charge in [0.2, 0.25) is 5.91 Å². The van der Waals surface area contributed by atoms with E-state index in [4.69, 9.17) is 9.72 Å². The van der Waals surface area contributed by atoms with Crippen molar-refractivity contribution in [1.29, 1.82) is 0 Å². The molecule has 1 saturated heterocycles. The Hall–Kier alpha value is -2.42. The zero-order valence-corrected chi connectivity index (χ0v) is 22.1. The first-order valence-corrected chi connectivity index (χ1v) is 12.3. The summed E-state index contributed by atoms with van der Waals surface area (Å²) in [4.78, 5) is 44.9. The molecule has 1 amide bonds. The van der Waals surface area contributed by atoms with Crippen LogP contribution < -0.4 is 0 Å². The highest BCUT2D eigenvalue weighted by Gasteiger charge is 2.58. The van der Waals surface area contributed by atoms with Gasteiger partial charge in [-0.05, 0) is 37.3 Å². The topological polar surface area (TPSA) is 100 Å². The number of carboxylic acids is 1. The lowest BCUT2D eigenvalue weighted by Crippen LogP contribution is -2.45. The van der Waals surface area contributed by atoms with Gasteiger partial charge >= 0.3 is 11.9 Å². The van der Waals surface area contributed by atoms with Crippen LogP contribution in [0.1, 0.15) is 57.8 Å². The fraction of sp³-hybridized carbons (Fsp3) is 0.600. The molecule has 8 nitrogen and oxygen atoms in total. The number of aliphatic carboxylic acids is 1. The van der Waals surface area contributed by atoms with Gasteiger partial charge in [0.05, 0.1) is 29.9 Å². The van der Waals surface area contributed by atoms with Crippen molar-refractivity contribution in [2.24, 2.45) is 16.7 Å². The largest absolute Gasteiger partial charge is 0.481 e. The van der Waals surface area contributed by atoms with Crippen molar-refractivity contribution in [1.82, 2.24) is 14.8 Å². The van der Waals surface area contributed by atoms with Crippen LogP contribution in [-0.4, -0.2) is 57.9 Å². The molecule has 1 aromatic heterocycles. The average molecular weight is 536 g/mol. The molecule has 3 atom stereocenters. The number of aromatic nitrogens is 1. The van der Waals surface area contributed by atoms with Crippen molar-refractivity contribution >= 4 is 33.8 Å². The van der Waals surface area contributed by atoms with Gasteiger partial charge in [0.1, 0.15) is 6.10 Å². The molecule has 3 rings (SSSR count). The Morgan fingerprint density at radius 1 is 1.18 bits per heavy atom. The third kappa shape index (κ3) is 4.99. The molecule has 2 aliphatic rings. The Morgan fingerprint density at radius 3 is 2.26 bits per heavy atom. The summed E-state index contributed by atoms with van der Waals surface area (Å²) in [5, 5.41) is 9.76. The van der Waals surface area contributed by atoms with Crippen LogP contribution in [0, 0.1) is 16.7 Å². The number of hydrogen-bond donors (Lipinski definition) is 1. The lowest BCUT2D eigenvalue weighted by Gasteiger charge is -2.39. The quantitative estimate of drug-likeness (QED) is 0.502. The van der Waals surface area contributed by atoms with Gasteiger partial charge in [0.15, 0.2) is 0 Å². The molecule has 0 bridgehead atoms. The molecule has 34 heavy (non-hydrogen) atoms. The predicted octanol–water partition coefficient (Wildman–Crippen LogP) is 3.98. The molecule has 1 N–H and O–H groups in total. The van der Waals surface area contributed by atoms with Crippen molar-refractivity contribution in [3.8, 4) is 0 Å². The van der Waals surface area contributed by atoms with Gasteiger partial charge in [-0.25, -0.2) is 0 Å². The summed E-state index contributed by atoms with van der Waals surface area (Å²) in [6.07, 6.45) is 1.75. The maximum Gasteiger partial charge on any atom is 0.309 e. The monoisotopic (exact) mass is 535 g/mol. The maximum atomic E-state index is 13.3. The first-order chi connectivity index (χ1) is 15.8. The van der Waals surface area contributed by atoms with E-state index in [1.165, 1.54) is 0 Å². The number of nitrogens with zero attached hydrogens (tertiary/aromatic N) is 3. The van der Waals surface area contributed by atoms with E-state index in [2.05, 4.69) is 22.5 Å². The van der Waals surface area contributed by atoms with E-state index >= 15 is 0 Å². The van der Waals surface area contributed by atoms with Crippen LogP contribution in [0.15, 0.2) is 28.9 Å². The van der Waals surface area contributed by atoms with E-state index in [0.29, 0.717) is 38.8 Å². The fourth-order valence-corrected chi connectivity index (χ4v) is 5.55. The number of pyridine rings is 1. The molecule has 1 aliphatic heterocycles. The van der Waals surface area contributed by atoms with Crippen LogP contribution in [-0.2, 0) is 32.2 Å². The maximum absolute atomic E-state index is 13.3. The van der Waals surface area contributed by atoms with E-state index in [1.54, 1.807) is 18.9 Å². The lowest BCUT2D eigenvalue weighted by molar-refractivity contribution is -0.156. The molecule has 3 unspecified atom stereocenters. The lowest BCUT2D eigenvalue weighted by atomic mass is 9.65. The Bertz CT molecular complexity index is 1010. The molecule has 2 fully saturated rings. The van der Waals surface area contributed by atoms with Gasteiger partial charge in [-0.1, -0.05) is 36.4 Å². The summed E-state index contributed by atoms with van der Waals surface area (Å²) in [5.41, 5.74) is 0.649. The van der Waals surface area contributed by atoms with E-state index in [1.807, 2.05) is 37.9 Å². The highest BCUT2D eigenvalue weighted by atomic mass is 79.9. The standard InChI is InChI=1S/C25H34BrN3O5/c1-15(20-7-8-21(30)34-20)28(5)13-17-11-16(26)12-18(27-17)14-29(6)22(31)19-9-10-25(4,23(32)33)24(19,2)3/h11-12,19-20H,1,7-10,13-14H2,2-6H3,(H,32,33). The van der Waals surface area contributed by atoms with Crippen LogP contribution in [0.4, 0.5) is 0 Å². The van der Waals surface area contributed by atoms with Crippen molar-refractivity contribution < 1.29 is 24.2 Å². The molecule has 9 heteroatoms. The first-order valence-electron chi connectivity index (χ1n) is 11.5. The summed E-state index contributed by atoms with van der Waals surface area (Å²) >= 11 is 3.54. The summed E-state index contributed by atoms with van der Waals surface area (Å²) in [7, 11) is 3.62. The van der Waals surface area contributed by atoms with E-state index < -0.39 is 16.8 Å². The van der Waals surface area contributed by atoms with Crippen LogP contribution in [0.2, 0.25) is 0 Å². The molecular formula is C25H34BrN3O5. The number of amides is 1. The van der Waals surface area contributed by atoms with Crippen molar-refractivity contribution in [2.45, 2.75) is 65.6 Å². The van der Waals surface area contributed by atoms with E-state index in [-0.39, 0.29) is 23.9 Å². The number of hydrogen-bond acceptors (Lipinski definition) is 6. The number of carbonyl (C=O) groups excluding carboxylic acids is 2. The van der Waals surface area contributed by atoms with Gasteiger partial charge in [-0.15, -0.1) is 0 Å².